The normalized spacial score (nSPS) is 12.3. The third kappa shape index (κ3) is 5.17. The molecule has 0 radical (unpaired) electrons. The monoisotopic (exact) mass is 692 g/mol. The maximum atomic E-state index is 2.42. The summed E-state index contributed by atoms with van der Waals surface area (Å²) in [5, 5.41) is 10.3. The molecule has 2 heteroatoms. The number of nitrogens with zero attached hydrogens (tertiary/aromatic N) is 2. The first-order valence-electron chi connectivity index (χ1n) is 19.1. The van der Waals surface area contributed by atoms with Gasteiger partial charge in [-0.3, -0.25) is 0 Å². The highest BCUT2D eigenvalue weighted by atomic mass is 15.0. The molecule has 0 bridgehead atoms. The van der Waals surface area contributed by atoms with Gasteiger partial charge in [-0.15, -0.1) is 0 Å². The van der Waals surface area contributed by atoms with E-state index in [2.05, 4.69) is 205 Å². The second-order valence-corrected chi connectivity index (χ2v) is 14.2. The summed E-state index contributed by atoms with van der Waals surface area (Å²) in [5.74, 6) is 0. The Morgan fingerprint density at radius 2 is 0.704 bits per heavy atom. The van der Waals surface area contributed by atoms with Gasteiger partial charge in [-0.1, -0.05) is 158 Å². The molecule has 0 spiro atoms. The number of hydrogen-bond acceptors (Lipinski definition) is 0. The lowest BCUT2D eigenvalue weighted by atomic mass is 9.90. The van der Waals surface area contributed by atoms with Gasteiger partial charge in [0.05, 0.1) is 0 Å². The van der Waals surface area contributed by atoms with Crippen LogP contribution in [0.3, 0.4) is 0 Å². The van der Waals surface area contributed by atoms with E-state index in [1.54, 1.807) is 0 Å². The topological polar surface area (TPSA) is 9.86 Å². The first-order chi connectivity index (χ1) is 26.7. The SMILES string of the molecule is CCn1c2ccccc2c2ccc(C=Cc3ccc(-c4ccc(C=Cc5ccc6c7ccccc7n(CC)c6c5)c5ccccc45)c4ccccc34)cc21. The zero-order valence-electron chi connectivity index (χ0n) is 30.6. The molecule has 0 saturated heterocycles. The molecule has 54 heavy (non-hydrogen) atoms. The van der Waals surface area contributed by atoms with Gasteiger partial charge < -0.3 is 9.13 Å². The molecule has 8 aromatic carbocycles. The smallest absolute Gasteiger partial charge is 0.0497 e. The average molecular weight is 693 g/mol. The summed E-state index contributed by atoms with van der Waals surface area (Å²) in [6.07, 6.45) is 9.06. The van der Waals surface area contributed by atoms with E-state index in [9.17, 15) is 0 Å². The average Bonchev–Trinajstić information content (AvgIpc) is 3.73. The Labute approximate surface area is 315 Å². The van der Waals surface area contributed by atoms with Crippen LogP contribution in [-0.4, -0.2) is 9.13 Å². The lowest BCUT2D eigenvalue weighted by Gasteiger charge is -2.14. The Kier molecular flexibility index (Phi) is 7.77. The van der Waals surface area contributed by atoms with E-state index >= 15 is 0 Å². The maximum absolute atomic E-state index is 2.42. The van der Waals surface area contributed by atoms with E-state index < -0.39 is 0 Å². The zero-order chi connectivity index (χ0) is 36.2. The molecule has 10 aromatic rings. The minimum Gasteiger partial charge on any atom is -0.341 e. The Bertz CT molecular complexity index is 2920. The number of benzene rings is 8. The zero-order valence-corrected chi connectivity index (χ0v) is 30.6. The number of aryl methyl sites for hydroxylation is 2. The molecular weight excluding hydrogens is 653 g/mol. The molecule has 0 aliphatic rings. The summed E-state index contributed by atoms with van der Waals surface area (Å²) in [5.41, 5.74) is 12.5. The minimum absolute atomic E-state index is 0.942. The van der Waals surface area contributed by atoms with E-state index in [0.29, 0.717) is 0 Å². The van der Waals surface area contributed by atoms with Crippen LogP contribution in [-0.2, 0) is 13.1 Å². The maximum Gasteiger partial charge on any atom is 0.0497 e. The quantitative estimate of drug-likeness (QED) is 0.147. The van der Waals surface area contributed by atoms with Gasteiger partial charge in [-0.05, 0) is 93.0 Å². The Hall–Kier alpha value is -6.64. The van der Waals surface area contributed by atoms with Crippen LogP contribution in [0.25, 0.3) is 101 Å². The predicted octanol–water partition coefficient (Wildman–Crippen LogP) is 14.3. The van der Waals surface area contributed by atoms with Crippen LogP contribution in [0, 0.1) is 0 Å². The van der Waals surface area contributed by atoms with Crippen molar-refractivity contribution in [3.8, 4) is 11.1 Å². The van der Waals surface area contributed by atoms with Gasteiger partial charge in [0.1, 0.15) is 0 Å². The van der Waals surface area contributed by atoms with Gasteiger partial charge in [0, 0.05) is 56.7 Å². The third-order valence-corrected chi connectivity index (χ3v) is 11.3. The second kappa shape index (κ2) is 13.1. The highest BCUT2D eigenvalue weighted by molar-refractivity contribution is 6.12. The van der Waals surface area contributed by atoms with Gasteiger partial charge in [0.25, 0.3) is 0 Å². The van der Waals surface area contributed by atoms with Crippen molar-refractivity contribution in [2.75, 3.05) is 0 Å². The Morgan fingerprint density at radius 3 is 1.13 bits per heavy atom. The number of rotatable bonds is 7. The van der Waals surface area contributed by atoms with Crippen LogP contribution in [0.15, 0.2) is 158 Å². The van der Waals surface area contributed by atoms with E-state index in [1.807, 2.05) is 0 Å². The van der Waals surface area contributed by atoms with Crippen molar-refractivity contribution in [2.24, 2.45) is 0 Å². The molecule has 2 heterocycles. The van der Waals surface area contributed by atoms with E-state index in [1.165, 1.54) is 98.5 Å². The van der Waals surface area contributed by atoms with Crippen LogP contribution in [0.1, 0.15) is 36.1 Å². The van der Waals surface area contributed by atoms with Gasteiger partial charge in [-0.2, -0.15) is 0 Å². The van der Waals surface area contributed by atoms with Crippen molar-refractivity contribution in [2.45, 2.75) is 26.9 Å². The lowest BCUT2D eigenvalue weighted by Crippen LogP contribution is -1.92. The second-order valence-electron chi connectivity index (χ2n) is 14.2. The molecule has 0 aliphatic carbocycles. The first-order valence-corrected chi connectivity index (χ1v) is 19.1. The summed E-state index contributed by atoms with van der Waals surface area (Å²) in [6, 6.07) is 58.0. The number of aromatic nitrogens is 2. The van der Waals surface area contributed by atoms with Gasteiger partial charge in [0.15, 0.2) is 0 Å². The number of para-hydroxylation sites is 2. The van der Waals surface area contributed by atoms with Gasteiger partial charge >= 0.3 is 0 Å². The van der Waals surface area contributed by atoms with Crippen molar-refractivity contribution in [1.29, 1.82) is 0 Å². The molecular formula is C52H40N2. The van der Waals surface area contributed by atoms with Crippen LogP contribution >= 0.6 is 0 Å². The lowest BCUT2D eigenvalue weighted by molar-refractivity contribution is 0.827. The molecule has 0 fully saturated rings. The largest absolute Gasteiger partial charge is 0.341 e. The molecule has 0 saturated carbocycles. The van der Waals surface area contributed by atoms with E-state index in [4.69, 9.17) is 0 Å². The van der Waals surface area contributed by atoms with Crippen LogP contribution in [0.5, 0.6) is 0 Å². The van der Waals surface area contributed by atoms with Crippen LogP contribution < -0.4 is 0 Å². The minimum atomic E-state index is 0.942. The van der Waals surface area contributed by atoms with E-state index in [0.717, 1.165) is 13.1 Å². The molecule has 0 aliphatic heterocycles. The molecule has 0 amide bonds. The molecule has 258 valence electrons. The number of hydrogen-bond donors (Lipinski definition) is 0. The van der Waals surface area contributed by atoms with Crippen LogP contribution in [0.2, 0.25) is 0 Å². The molecule has 10 rings (SSSR count). The molecule has 0 atom stereocenters. The van der Waals surface area contributed by atoms with Crippen LogP contribution in [0.4, 0.5) is 0 Å². The Morgan fingerprint density at radius 1 is 0.333 bits per heavy atom. The highest BCUT2D eigenvalue weighted by Gasteiger charge is 2.13. The summed E-state index contributed by atoms with van der Waals surface area (Å²) in [4.78, 5) is 0. The van der Waals surface area contributed by atoms with Crippen molar-refractivity contribution in [1.82, 2.24) is 9.13 Å². The molecule has 0 unspecified atom stereocenters. The molecule has 2 nitrogen and oxygen atoms in total. The third-order valence-electron chi connectivity index (χ3n) is 11.3. The number of fused-ring (bicyclic) bond motifs is 8. The fourth-order valence-electron chi connectivity index (χ4n) is 8.80. The highest BCUT2D eigenvalue weighted by Crippen LogP contribution is 2.38. The predicted molar refractivity (Wildman–Crippen MR) is 235 cm³/mol. The molecule has 2 aromatic heterocycles. The summed E-state index contributed by atoms with van der Waals surface area (Å²) in [6.45, 7) is 6.34. The van der Waals surface area contributed by atoms with Crippen molar-refractivity contribution in [3.63, 3.8) is 0 Å². The summed E-state index contributed by atoms with van der Waals surface area (Å²) < 4.78 is 4.84. The summed E-state index contributed by atoms with van der Waals surface area (Å²) >= 11 is 0. The van der Waals surface area contributed by atoms with Crippen molar-refractivity contribution >= 4 is 89.5 Å². The summed E-state index contributed by atoms with van der Waals surface area (Å²) in [7, 11) is 0. The van der Waals surface area contributed by atoms with Crippen molar-refractivity contribution < 1.29 is 0 Å². The molecule has 0 N–H and O–H groups in total. The van der Waals surface area contributed by atoms with Gasteiger partial charge in [0.2, 0.25) is 0 Å². The fraction of sp³-hybridized carbons (Fsp3) is 0.0769. The van der Waals surface area contributed by atoms with Gasteiger partial charge in [-0.25, -0.2) is 0 Å². The standard InChI is InChI=1S/C52H40N2/c1-3-53-49-19-11-9-17-45(49)47-29-23-35(33-51(47)53)21-25-37-27-31-43(41-15-7-5-13-39(37)41)44-32-28-38(40-14-6-8-16-42(40)44)26-22-36-24-30-48-46-18-10-12-20-50(46)54(4-2)52(48)34-36/h5-34H,3-4H2,1-2H3. The Balaban J connectivity index is 1.01. The van der Waals surface area contributed by atoms with E-state index in [-0.39, 0.29) is 0 Å². The fourth-order valence-corrected chi connectivity index (χ4v) is 8.80. The first kappa shape index (κ1) is 32.0. The van der Waals surface area contributed by atoms with Crippen molar-refractivity contribution in [3.05, 3.63) is 180 Å².